The van der Waals surface area contributed by atoms with Crippen molar-refractivity contribution < 1.29 is 4.42 Å². The van der Waals surface area contributed by atoms with Crippen LogP contribution in [0.25, 0.3) is 95.7 Å². The standard InChI is InChI=1S/C54H33NOS2/c1-2-10-34(11-3-1)35-20-26-38(27-21-35)55(39-28-22-36(23-29-39)41-14-9-18-48-51(41)45-12-4-6-17-47(45)56-48)40-30-24-37(25-31-40)42-15-8-16-43-44-32-33-50-52(54(44)58-53(42)43)46-13-5-7-19-49(46)57-50/h1-33H. The van der Waals surface area contributed by atoms with E-state index in [-0.39, 0.29) is 0 Å². The summed E-state index contributed by atoms with van der Waals surface area (Å²) in [7, 11) is 0. The van der Waals surface area contributed by atoms with Crippen LogP contribution < -0.4 is 4.90 Å². The third-order valence-electron chi connectivity index (χ3n) is 11.5. The maximum Gasteiger partial charge on any atom is 0.136 e. The van der Waals surface area contributed by atoms with Crippen molar-refractivity contribution in [2.24, 2.45) is 0 Å². The zero-order valence-corrected chi connectivity index (χ0v) is 32.9. The quantitative estimate of drug-likeness (QED) is 0.167. The number of anilines is 3. The number of para-hydroxylation sites is 1. The van der Waals surface area contributed by atoms with Crippen molar-refractivity contribution in [1.29, 1.82) is 0 Å². The van der Waals surface area contributed by atoms with E-state index in [9.17, 15) is 0 Å². The van der Waals surface area contributed by atoms with Crippen LogP contribution in [0.2, 0.25) is 0 Å². The van der Waals surface area contributed by atoms with E-state index in [1.54, 1.807) is 0 Å². The summed E-state index contributed by atoms with van der Waals surface area (Å²) < 4.78 is 11.6. The molecular formula is C54H33NOS2. The number of furan rings is 1. The molecule has 3 heterocycles. The van der Waals surface area contributed by atoms with E-state index in [1.165, 1.54) is 68.2 Å². The molecule has 0 aliphatic rings. The summed E-state index contributed by atoms with van der Waals surface area (Å²) in [4.78, 5) is 2.36. The van der Waals surface area contributed by atoms with E-state index in [1.807, 2.05) is 34.8 Å². The normalized spacial score (nSPS) is 11.8. The van der Waals surface area contributed by atoms with Gasteiger partial charge in [-0.1, -0.05) is 140 Å². The summed E-state index contributed by atoms with van der Waals surface area (Å²) in [6.07, 6.45) is 0. The van der Waals surface area contributed by atoms with E-state index in [0.29, 0.717) is 0 Å². The Bertz CT molecular complexity index is 3480. The molecule has 12 rings (SSSR count). The van der Waals surface area contributed by atoms with E-state index in [0.717, 1.165) is 44.6 Å². The van der Waals surface area contributed by atoms with Gasteiger partial charge in [0.25, 0.3) is 0 Å². The third-order valence-corrected chi connectivity index (χ3v) is 13.9. The van der Waals surface area contributed by atoms with Gasteiger partial charge in [0, 0.05) is 68.2 Å². The molecule has 3 aromatic heterocycles. The highest BCUT2D eigenvalue weighted by Gasteiger charge is 2.18. The molecule has 0 saturated carbocycles. The van der Waals surface area contributed by atoms with E-state index in [4.69, 9.17) is 4.42 Å². The first-order valence-corrected chi connectivity index (χ1v) is 21.2. The molecule has 0 amide bonds. The Labute approximate surface area is 343 Å². The molecule has 0 radical (unpaired) electrons. The summed E-state index contributed by atoms with van der Waals surface area (Å²) in [6.45, 7) is 0. The van der Waals surface area contributed by atoms with E-state index in [2.05, 4.69) is 193 Å². The van der Waals surface area contributed by atoms with Gasteiger partial charge in [-0.2, -0.15) is 0 Å². The van der Waals surface area contributed by atoms with Crippen LogP contribution in [0.1, 0.15) is 0 Å². The Hall–Kier alpha value is -6.98. The van der Waals surface area contributed by atoms with Gasteiger partial charge in [-0.05, 0) is 94.0 Å². The SMILES string of the molecule is c1ccc(-c2ccc(N(c3ccc(-c4cccc5c4sc4c5ccc5sc6ccccc6c54)cc3)c3ccc(-c4cccc5oc6ccccc6c45)cc3)cc2)cc1. The number of nitrogens with zero attached hydrogens (tertiary/aromatic N) is 1. The zero-order chi connectivity index (χ0) is 38.2. The fourth-order valence-corrected chi connectivity index (χ4v) is 11.3. The van der Waals surface area contributed by atoms with Crippen molar-refractivity contribution in [2.45, 2.75) is 0 Å². The van der Waals surface area contributed by atoms with Crippen molar-refractivity contribution in [2.75, 3.05) is 4.90 Å². The molecule has 0 bridgehead atoms. The lowest BCUT2D eigenvalue weighted by molar-refractivity contribution is 0.669. The van der Waals surface area contributed by atoms with Crippen LogP contribution in [-0.4, -0.2) is 0 Å². The fraction of sp³-hybridized carbons (Fsp3) is 0. The van der Waals surface area contributed by atoms with Gasteiger partial charge in [0.1, 0.15) is 11.2 Å². The lowest BCUT2D eigenvalue weighted by Gasteiger charge is -2.26. The highest BCUT2D eigenvalue weighted by atomic mass is 32.1. The van der Waals surface area contributed by atoms with Crippen LogP contribution in [0.5, 0.6) is 0 Å². The van der Waals surface area contributed by atoms with Crippen molar-refractivity contribution in [1.82, 2.24) is 0 Å². The topological polar surface area (TPSA) is 16.4 Å². The molecule has 58 heavy (non-hydrogen) atoms. The summed E-state index contributed by atoms with van der Waals surface area (Å²) in [5.74, 6) is 0. The van der Waals surface area contributed by atoms with Crippen LogP contribution in [0, 0.1) is 0 Å². The Morgan fingerprint density at radius 3 is 1.62 bits per heavy atom. The lowest BCUT2D eigenvalue weighted by atomic mass is 9.99. The summed E-state index contributed by atoms with van der Waals surface area (Å²) >= 11 is 3.81. The molecule has 0 fully saturated rings. The predicted octanol–water partition coefficient (Wildman–Crippen LogP) is 16.8. The maximum atomic E-state index is 6.24. The lowest BCUT2D eigenvalue weighted by Crippen LogP contribution is -2.09. The Morgan fingerprint density at radius 1 is 0.310 bits per heavy atom. The molecule has 12 aromatic rings. The second kappa shape index (κ2) is 13.3. The van der Waals surface area contributed by atoms with Gasteiger partial charge in [-0.25, -0.2) is 0 Å². The van der Waals surface area contributed by atoms with Crippen molar-refractivity contribution in [3.05, 3.63) is 200 Å². The summed E-state index contributed by atoms with van der Waals surface area (Å²) in [5.41, 5.74) is 12.3. The first kappa shape index (κ1) is 33.2. The third kappa shape index (κ3) is 5.30. The van der Waals surface area contributed by atoms with Crippen LogP contribution in [-0.2, 0) is 0 Å². The summed E-state index contributed by atoms with van der Waals surface area (Å²) in [6, 6.07) is 72.4. The van der Waals surface area contributed by atoms with Gasteiger partial charge in [0.2, 0.25) is 0 Å². The number of thiophene rings is 2. The van der Waals surface area contributed by atoms with Gasteiger partial charge in [0.05, 0.1) is 0 Å². The van der Waals surface area contributed by atoms with Crippen molar-refractivity contribution in [3.63, 3.8) is 0 Å². The minimum atomic E-state index is 0.905. The van der Waals surface area contributed by atoms with Gasteiger partial charge in [-0.3, -0.25) is 0 Å². The van der Waals surface area contributed by atoms with Crippen molar-refractivity contribution in [3.8, 4) is 33.4 Å². The first-order chi connectivity index (χ1) is 28.7. The number of rotatable bonds is 6. The van der Waals surface area contributed by atoms with Crippen LogP contribution >= 0.6 is 22.7 Å². The first-order valence-electron chi connectivity index (χ1n) is 19.6. The Morgan fingerprint density at radius 2 is 0.862 bits per heavy atom. The van der Waals surface area contributed by atoms with Crippen molar-refractivity contribution >= 4 is 102 Å². The molecule has 4 heteroatoms. The molecule has 9 aromatic carbocycles. The average Bonchev–Trinajstić information content (AvgIpc) is 3.99. The molecule has 0 aliphatic heterocycles. The molecule has 0 aliphatic carbocycles. The molecule has 0 N–H and O–H groups in total. The minimum Gasteiger partial charge on any atom is -0.456 e. The number of fused-ring (bicyclic) bond motifs is 10. The van der Waals surface area contributed by atoms with E-state index >= 15 is 0 Å². The fourth-order valence-electron chi connectivity index (χ4n) is 8.77. The second-order valence-electron chi connectivity index (χ2n) is 14.8. The molecular weight excluding hydrogens is 743 g/mol. The second-order valence-corrected chi connectivity index (χ2v) is 16.9. The van der Waals surface area contributed by atoms with Gasteiger partial charge < -0.3 is 9.32 Å². The monoisotopic (exact) mass is 775 g/mol. The van der Waals surface area contributed by atoms with Crippen LogP contribution in [0.4, 0.5) is 17.1 Å². The highest BCUT2D eigenvalue weighted by molar-refractivity contribution is 7.30. The van der Waals surface area contributed by atoms with Gasteiger partial charge in [-0.15, -0.1) is 22.7 Å². The number of hydrogen-bond donors (Lipinski definition) is 0. The maximum absolute atomic E-state index is 6.24. The van der Waals surface area contributed by atoms with Crippen LogP contribution in [0.15, 0.2) is 205 Å². The molecule has 0 atom stereocenters. The highest BCUT2D eigenvalue weighted by Crippen LogP contribution is 2.47. The number of benzene rings is 9. The average molecular weight is 776 g/mol. The molecule has 272 valence electrons. The predicted molar refractivity (Wildman–Crippen MR) is 250 cm³/mol. The molecule has 0 unspecified atom stereocenters. The largest absolute Gasteiger partial charge is 0.456 e. The smallest absolute Gasteiger partial charge is 0.136 e. The Balaban J connectivity index is 0.959. The minimum absolute atomic E-state index is 0.905. The molecule has 2 nitrogen and oxygen atoms in total. The molecule has 0 saturated heterocycles. The van der Waals surface area contributed by atoms with E-state index < -0.39 is 0 Å². The zero-order valence-electron chi connectivity index (χ0n) is 31.2. The Kier molecular flexibility index (Phi) is 7.62. The van der Waals surface area contributed by atoms with Gasteiger partial charge >= 0.3 is 0 Å². The molecule has 0 spiro atoms. The van der Waals surface area contributed by atoms with Gasteiger partial charge in [0.15, 0.2) is 0 Å². The number of hydrogen-bond acceptors (Lipinski definition) is 4. The summed E-state index contributed by atoms with van der Waals surface area (Å²) in [5, 5.41) is 7.67. The van der Waals surface area contributed by atoms with Crippen LogP contribution in [0.3, 0.4) is 0 Å².